The number of anilines is 1. The summed E-state index contributed by atoms with van der Waals surface area (Å²) in [6.45, 7) is 9.59. The molecule has 13 heteroatoms. The predicted octanol–water partition coefficient (Wildman–Crippen LogP) is 4.99. The highest BCUT2D eigenvalue weighted by atomic mass is 35.5. The van der Waals surface area contributed by atoms with Crippen LogP contribution >= 0.6 is 11.6 Å². The second-order valence-electron chi connectivity index (χ2n) is 12.0. The van der Waals surface area contributed by atoms with Crippen LogP contribution in [0, 0.1) is 5.92 Å². The van der Waals surface area contributed by atoms with E-state index in [-0.39, 0.29) is 48.2 Å². The molecule has 2 aromatic carbocycles. The summed E-state index contributed by atoms with van der Waals surface area (Å²) in [6, 6.07) is 9.88. The van der Waals surface area contributed by atoms with Gasteiger partial charge in [-0.25, -0.2) is 13.2 Å². The van der Waals surface area contributed by atoms with Crippen LogP contribution < -0.4 is 15.4 Å². The average Bonchev–Trinajstić information content (AvgIpc) is 2.98. The molecule has 0 spiro atoms. The van der Waals surface area contributed by atoms with Crippen LogP contribution in [0.25, 0.3) is 0 Å². The van der Waals surface area contributed by atoms with Crippen LogP contribution in [0.1, 0.15) is 64.2 Å². The lowest BCUT2D eigenvalue weighted by molar-refractivity contribution is -0.00833. The number of hydrogen-bond acceptors (Lipinski definition) is 7. The summed E-state index contributed by atoms with van der Waals surface area (Å²) in [6.07, 6.45) is 1.47. The van der Waals surface area contributed by atoms with Crippen molar-refractivity contribution in [3.05, 3.63) is 53.1 Å². The first-order chi connectivity index (χ1) is 21.2. The third-order valence-electron chi connectivity index (χ3n) is 7.69. The molecule has 0 aromatic heterocycles. The maximum Gasteiger partial charge on any atom is 0.319 e. The van der Waals surface area contributed by atoms with Crippen molar-refractivity contribution in [1.29, 1.82) is 0 Å². The number of fused-ring (bicyclic) bond motifs is 1. The lowest BCUT2D eigenvalue weighted by Gasteiger charge is -2.35. The maximum absolute atomic E-state index is 14.2. The summed E-state index contributed by atoms with van der Waals surface area (Å²) in [5, 5.41) is 16.1. The monoisotopic (exact) mass is 666 g/mol. The fourth-order valence-corrected chi connectivity index (χ4v) is 6.34. The van der Waals surface area contributed by atoms with Gasteiger partial charge in [-0.3, -0.25) is 4.79 Å². The van der Waals surface area contributed by atoms with Crippen LogP contribution in [0.4, 0.5) is 10.5 Å². The van der Waals surface area contributed by atoms with E-state index in [1.54, 1.807) is 30.0 Å². The van der Waals surface area contributed by atoms with Crippen molar-refractivity contribution in [3.63, 3.8) is 0 Å². The van der Waals surface area contributed by atoms with E-state index in [0.717, 1.165) is 12.8 Å². The van der Waals surface area contributed by atoms with Crippen LogP contribution in [-0.4, -0.2) is 92.3 Å². The predicted molar refractivity (Wildman–Crippen MR) is 175 cm³/mol. The van der Waals surface area contributed by atoms with E-state index in [1.165, 1.54) is 35.6 Å². The molecular weight excluding hydrogens is 620 g/mol. The molecule has 2 aromatic rings. The summed E-state index contributed by atoms with van der Waals surface area (Å²) >= 11 is 5.97. The first-order valence-corrected chi connectivity index (χ1v) is 17.2. The van der Waals surface area contributed by atoms with Gasteiger partial charge in [0.05, 0.1) is 35.3 Å². The molecule has 0 unspecified atom stereocenters. The highest BCUT2D eigenvalue weighted by Gasteiger charge is 2.32. The summed E-state index contributed by atoms with van der Waals surface area (Å²) < 4.78 is 40.5. The van der Waals surface area contributed by atoms with E-state index in [0.29, 0.717) is 29.5 Å². The molecule has 0 fully saturated rings. The Kier molecular flexibility index (Phi) is 13.5. The second kappa shape index (κ2) is 16.6. The quantitative estimate of drug-likeness (QED) is 0.361. The number of carbonyl (C=O) groups is 2. The number of rotatable bonds is 8. The molecule has 0 aliphatic carbocycles. The number of benzene rings is 2. The first-order valence-electron chi connectivity index (χ1n) is 15.4. The SMILES string of the molecule is CC(C)NC(=O)Nc1ccc2c(c1)C(=O)N([C@H](C)CO)C[C@@H](C)[C@@H](CN(C)S(=O)(=O)c1ccc(Cl)cc1)OCCCC[C@H](C)O2. The molecule has 3 amide bonds. The number of nitrogens with one attached hydrogen (secondary N) is 2. The third-order valence-corrected chi connectivity index (χ3v) is 9.78. The molecule has 1 heterocycles. The number of sulfonamides is 1. The molecule has 250 valence electrons. The standard InChI is InChI=1S/C32H47ClN4O7S/c1-21(2)34-32(40)35-26-12-15-29-28(17-26)31(39)37(23(4)20-38)18-22(3)30(43-16-8-7-9-24(5)44-29)19-36(6)45(41,42)27-13-10-25(33)11-14-27/h10-15,17,21-24,30,38H,7-9,16,18-20H2,1-6H3,(H2,34,35,40)/t22-,23-,24+,30-/m1/s1. The number of ether oxygens (including phenoxy) is 2. The zero-order valence-electron chi connectivity index (χ0n) is 27.0. The number of carbonyl (C=O) groups excluding carboxylic acids is 2. The van der Waals surface area contributed by atoms with Crippen molar-refractivity contribution in [2.45, 2.75) is 83.1 Å². The van der Waals surface area contributed by atoms with Crippen molar-refractivity contribution in [2.24, 2.45) is 5.92 Å². The lowest BCUT2D eigenvalue weighted by atomic mass is 10.0. The zero-order valence-corrected chi connectivity index (χ0v) is 28.5. The highest BCUT2D eigenvalue weighted by molar-refractivity contribution is 7.89. The van der Waals surface area contributed by atoms with E-state index < -0.39 is 34.1 Å². The van der Waals surface area contributed by atoms with Gasteiger partial charge in [-0.15, -0.1) is 0 Å². The lowest BCUT2D eigenvalue weighted by Crippen LogP contribution is -2.48. The van der Waals surface area contributed by atoms with Gasteiger partial charge in [-0.2, -0.15) is 4.31 Å². The van der Waals surface area contributed by atoms with Crippen molar-refractivity contribution in [1.82, 2.24) is 14.5 Å². The maximum atomic E-state index is 14.2. The van der Waals surface area contributed by atoms with Gasteiger partial charge in [0.1, 0.15) is 5.75 Å². The Morgan fingerprint density at radius 2 is 1.82 bits per heavy atom. The molecule has 3 N–H and O–H groups in total. The molecule has 3 rings (SSSR count). The van der Waals surface area contributed by atoms with Gasteiger partial charge in [0.2, 0.25) is 10.0 Å². The summed E-state index contributed by atoms with van der Waals surface area (Å²) in [7, 11) is -2.33. The zero-order chi connectivity index (χ0) is 33.3. The molecule has 0 saturated carbocycles. The summed E-state index contributed by atoms with van der Waals surface area (Å²) in [4.78, 5) is 28.3. The fourth-order valence-electron chi connectivity index (χ4n) is 5.03. The van der Waals surface area contributed by atoms with Gasteiger partial charge in [-0.05, 0) is 89.4 Å². The van der Waals surface area contributed by atoms with Crippen LogP contribution in [0.5, 0.6) is 5.75 Å². The van der Waals surface area contributed by atoms with Gasteiger partial charge in [-0.1, -0.05) is 18.5 Å². The van der Waals surface area contributed by atoms with Crippen molar-refractivity contribution in [3.8, 4) is 5.75 Å². The number of aliphatic hydroxyl groups is 1. The molecule has 45 heavy (non-hydrogen) atoms. The Hall–Kier alpha value is -2.90. The van der Waals surface area contributed by atoms with Crippen molar-refractivity contribution < 1.29 is 32.6 Å². The Balaban J connectivity index is 1.96. The molecule has 0 saturated heterocycles. The smallest absolute Gasteiger partial charge is 0.319 e. The van der Waals surface area contributed by atoms with Gasteiger partial charge in [0, 0.05) is 49.4 Å². The van der Waals surface area contributed by atoms with Gasteiger partial charge < -0.3 is 30.1 Å². The van der Waals surface area contributed by atoms with Gasteiger partial charge in [0.15, 0.2) is 0 Å². The van der Waals surface area contributed by atoms with Crippen LogP contribution in [0.3, 0.4) is 0 Å². The average molecular weight is 667 g/mol. The second-order valence-corrected chi connectivity index (χ2v) is 14.5. The number of amides is 3. The molecule has 4 atom stereocenters. The fraction of sp³-hybridized carbons (Fsp3) is 0.562. The minimum atomic E-state index is -3.84. The number of urea groups is 1. The van der Waals surface area contributed by atoms with E-state index in [1.807, 2.05) is 27.7 Å². The number of nitrogens with zero attached hydrogens (tertiary/aromatic N) is 2. The van der Waals surface area contributed by atoms with E-state index in [9.17, 15) is 23.1 Å². The molecule has 11 nitrogen and oxygen atoms in total. The Morgan fingerprint density at radius 1 is 1.13 bits per heavy atom. The Bertz CT molecular complexity index is 1390. The van der Waals surface area contributed by atoms with Gasteiger partial charge in [0.25, 0.3) is 5.91 Å². The topological polar surface area (TPSA) is 138 Å². The summed E-state index contributed by atoms with van der Waals surface area (Å²) in [5.74, 6) is -0.338. The van der Waals surface area contributed by atoms with Crippen LogP contribution in [-0.2, 0) is 14.8 Å². The third kappa shape index (κ3) is 10.3. The Morgan fingerprint density at radius 3 is 2.47 bits per heavy atom. The largest absolute Gasteiger partial charge is 0.490 e. The van der Waals surface area contributed by atoms with Crippen LogP contribution in [0.2, 0.25) is 5.02 Å². The molecule has 1 aliphatic rings. The minimum Gasteiger partial charge on any atom is -0.490 e. The highest BCUT2D eigenvalue weighted by Crippen LogP contribution is 2.29. The van der Waals surface area contributed by atoms with Crippen molar-refractivity contribution >= 4 is 39.2 Å². The molecule has 0 radical (unpaired) electrons. The number of likely N-dealkylation sites (N-methyl/N-ethyl adjacent to an activating group) is 1. The molecular formula is C32H47ClN4O7S. The molecule has 1 aliphatic heterocycles. The number of hydrogen-bond donors (Lipinski definition) is 3. The van der Waals surface area contributed by atoms with E-state index in [4.69, 9.17) is 21.1 Å². The van der Waals surface area contributed by atoms with Crippen molar-refractivity contribution in [2.75, 3.05) is 38.7 Å². The summed E-state index contributed by atoms with van der Waals surface area (Å²) in [5.41, 5.74) is 0.658. The Labute approximate surface area is 272 Å². The minimum absolute atomic E-state index is 0.0524. The van der Waals surface area contributed by atoms with E-state index in [2.05, 4.69) is 10.6 Å². The normalized spacial score (nSPS) is 21.1. The number of aliphatic hydroxyl groups excluding tert-OH is 1. The van der Waals surface area contributed by atoms with Crippen LogP contribution in [0.15, 0.2) is 47.4 Å². The van der Waals surface area contributed by atoms with E-state index >= 15 is 0 Å². The first kappa shape index (κ1) is 36.6. The number of halogens is 1. The molecule has 0 bridgehead atoms. The van der Waals surface area contributed by atoms with Gasteiger partial charge >= 0.3 is 6.03 Å².